The van der Waals surface area contributed by atoms with Crippen LogP contribution >= 0.6 is 0 Å². The number of hydrogen-bond acceptors (Lipinski definition) is 4. The fourth-order valence-electron chi connectivity index (χ4n) is 1.56. The Kier molecular flexibility index (Phi) is 3.22. The van der Waals surface area contributed by atoms with Gasteiger partial charge in [0.2, 0.25) is 0 Å². The summed E-state index contributed by atoms with van der Waals surface area (Å²) in [6.07, 6.45) is 6.16. The van der Waals surface area contributed by atoms with Gasteiger partial charge in [0.05, 0.1) is 5.69 Å². The van der Waals surface area contributed by atoms with E-state index in [0.29, 0.717) is 6.54 Å². The third-order valence-corrected chi connectivity index (χ3v) is 2.39. The minimum atomic E-state index is 0.468. The Balaban J connectivity index is 2.30. The first-order valence-corrected chi connectivity index (χ1v) is 5.20. The van der Waals surface area contributed by atoms with Gasteiger partial charge in [-0.2, -0.15) is 0 Å². The molecule has 0 aromatic carbocycles. The van der Waals surface area contributed by atoms with Gasteiger partial charge in [0.25, 0.3) is 0 Å². The van der Waals surface area contributed by atoms with Crippen LogP contribution in [0.4, 0.5) is 0 Å². The molecule has 2 aromatic rings. The number of aryl methyl sites for hydroxylation is 1. The van der Waals surface area contributed by atoms with E-state index in [1.54, 1.807) is 12.4 Å². The summed E-state index contributed by atoms with van der Waals surface area (Å²) in [6.45, 7) is 2.35. The van der Waals surface area contributed by atoms with Crippen LogP contribution in [0, 0.1) is 6.92 Å². The van der Waals surface area contributed by atoms with Gasteiger partial charge in [-0.1, -0.05) is 6.07 Å². The lowest BCUT2D eigenvalue weighted by molar-refractivity contribution is 0.896. The van der Waals surface area contributed by atoms with Gasteiger partial charge >= 0.3 is 0 Å². The Morgan fingerprint density at radius 1 is 1.31 bits per heavy atom. The number of hydrogen-bond donors (Lipinski definition) is 1. The van der Waals surface area contributed by atoms with Crippen LogP contribution in [0.15, 0.2) is 30.7 Å². The molecule has 0 bridgehead atoms. The molecule has 0 amide bonds. The van der Waals surface area contributed by atoms with Crippen molar-refractivity contribution >= 4 is 0 Å². The summed E-state index contributed by atoms with van der Waals surface area (Å²) < 4.78 is 0. The molecule has 0 radical (unpaired) electrons. The van der Waals surface area contributed by atoms with Gasteiger partial charge in [0, 0.05) is 37.1 Å². The van der Waals surface area contributed by atoms with E-state index < -0.39 is 0 Å². The van der Waals surface area contributed by atoms with Crippen molar-refractivity contribution in [2.75, 3.05) is 0 Å². The van der Waals surface area contributed by atoms with Crippen LogP contribution in [0.1, 0.15) is 22.6 Å². The highest BCUT2D eigenvalue weighted by Gasteiger charge is 2.05. The fourth-order valence-corrected chi connectivity index (χ4v) is 1.56. The second-order valence-corrected chi connectivity index (χ2v) is 3.63. The van der Waals surface area contributed by atoms with Gasteiger partial charge < -0.3 is 5.73 Å². The Labute approximate surface area is 94.6 Å². The van der Waals surface area contributed by atoms with Gasteiger partial charge in [-0.25, -0.2) is 9.97 Å². The van der Waals surface area contributed by atoms with Crippen molar-refractivity contribution in [2.24, 2.45) is 5.73 Å². The average Bonchev–Trinajstić information content (AvgIpc) is 2.31. The molecule has 0 aliphatic heterocycles. The van der Waals surface area contributed by atoms with Gasteiger partial charge in [0.15, 0.2) is 0 Å². The van der Waals surface area contributed by atoms with E-state index in [-0.39, 0.29) is 0 Å². The van der Waals surface area contributed by atoms with Crippen molar-refractivity contribution in [1.82, 2.24) is 15.0 Å². The highest BCUT2D eigenvalue weighted by atomic mass is 14.9. The zero-order valence-corrected chi connectivity index (χ0v) is 9.22. The van der Waals surface area contributed by atoms with E-state index in [1.165, 1.54) is 0 Å². The molecule has 0 aliphatic rings. The van der Waals surface area contributed by atoms with E-state index in [0.717, 1.165) is 29.1 Å². The third kappa shape index (κ3) is 2.41. The molecule has 0 saturated carbocycles. The summed E-state index contributed by atoms with van der Waals surface area (Å²) >= 11 is 0. The van der Waals surface area contributed by atoms with Crippen molar-refractivity contribution in [1.29, 1.82) is 0 Å². The van der Waals surface area contributed by atoms with Crippen LogP contribution in [0.5, 0.6) is 0 Å². The maximum atomic E-state index is 5.66. The second kappa shape index (κ2) is 4.81. The van der Waals surface area contributed by atoms with Crippen molar-refractivity contribution in [3.05, 3.63) is 53.4 Å². The number of aromatic nitrogens is 3. The van der Waals surface area contributed by atoms with Crippen LogP contribution in [-0.2, 0) is 13.0 Å². The van der Waals surface area contributed by atoms with Crippen molar-refractivity contribution in [3.8, 4) is 0 Å². The lowest BCUT2D eigenvalue weighted by Crippen LogP contribution is -2.07. The van der Waals surface area contributed by atoms with Crippen molar-refractivity contribution in [3.63, 3.8) is 0 Å². The minimum absolute atomic E-state index is 0.468. The zero-order valence-electron chi connectivity index (χ0n) is 9.22. The first kappa shape index (κ1) is 10.7. The van der Waals surface area contributed by atoms with Gasteiger partial charge in [-0.3, -0.25) is 4.98 Å². The standard InChI is InChI=1S/C12H14N4/c1-9-15-8-11(6-13)12(16-9)5-10-3-2-4-14-7-10/h2-4,7-8H,5-6,13H2,1H3. The van der Waals surface area contributed by atoms with Gasteiger partial charge in [0.1, 0.15) is 5.82 Å². The van der Waals surface area contributed by atoms with E-state index in [4.69, 9.17) is 5.73 Å². The molecule has 0 fully saturated rings. The maximum absolute atomic E-state index is 5.66. The zero-order chi connectivity index (χ0) is 11.4. The first-order valence-electron chi connectivity index (χ1n) is 5.20. The van der Waals surface area contributed by atoms with Crippen molar-refractivity contribution < 1.29 is 0 Å². The lowest BCUT2D eigenvalue weighted by Gasteiger charge is -2.06. The monoisotopic (exact) mass is 214 g/mol. The SMILES string of the molecule is Cc1ncc(CN)c(Cc2cccnc2)n1. The molecule has 2 heterocycles. The topological polar surface area (TPSA) is 64.7 Å². The lowest BCUT2D eigenvalue weighted by atomic mass is 10.1. The normalized spacial score (nSPS) is 10.4. The van der Waals surface area contributed by atoms with Gasteiger partial charge in [-0.15, -0.1) is 0 Å². The average molecular weight is 214 g/mol. The summed E-state index contributed by atoms with van der Waals surface area (Å²) in [5.74, 6) is 0.774. The van der Waals surface area contributed by atoms with Crippen LogP contribution in [0.2, 0.25) is 0 Å². The second-order valence-electron chi connectivity index (χ2n) is 3.63. The predicted octanol–water partition coefficient (Wildman–Crippen LogP) is 1.23. The van der Waals surface area contributed by atoms with E-state index in [2.05, 4.69) is 15.0 Å². The molecule has 0 saturated heterocycles. The van der Waals surface area contributed by atoms with Crippen LogP contribution in [-0.4, -0.2) is 15.0 Å². The Hall–Kier alpha value is -1.81. The van der Waals surface area contributed by atoms with E-state index in [9.17, 15) is 0 Å². The third-order valence-electron chi connectivity index (χ3n) is 2.39. The number of nitrogens with zero attached hydrogens (tertiary/aromatic N) is 3. The van der Waals surface area contributed by atoms with E-state index in [1.807, 2.05) is 25.3 Å². The highest BCUT2D eigenvalue weighted by Crippen LogP contribution is 2.10. The molecule has 4 heteroatoms. The molecular formula is C12H14N4. The predicted molar refractivity (Wildman–Crippen MR) is 61.7 cm³/mol. The molecule has 82 valence electrons. The molecule has 0 unspecified atom stereocenters. The Morgan fingerprint density at radius 3 is 2.88 bits per heavy atom. The summed E-state index contributed by atoms with van der Waals surface area (Å²) in [6, 6.07) is 3.95. The minimum Gasteiger partial charge on any atom is -0.326 e. The first-order chi connectivity index (χ1) is 7.79. The van der Waals surface area contributed by atoms with Crippen LogP contribution < -0.4 is 5.73 Å². The summed E-state index contributed by atoms with van der Waals surface area (Å²) in [4.78, 5) is 12.6. The smallest absolute Gasteiger partial charge is 0.125 e. The maximum Gasteiger partial charge on any atom is 0.125 e. The molecule has 0 aliphatic carbocycles. The van der Waals surface area contributed by atoms with Gasteiger partial charge in [-0.05, 0) is 18.6 Å². The molecule has 2 N–H and O–H groups in total. The van der Waals surface area contributed by atoms with Crippen LogP contribution in [0.3, 0.4) is 0 Å². The molecule has 2 aromatic heterocycles. The summed E-state index contributed by atoms with van der Waals surface area (Å²) in [5.41, 5.74) is 8.78. The molecule has 0 spiro atoms. The molecule has 2 rings (SSSR count). The van der Waals surface area contributed by atoms with E-state index >= 15 is 0 Å². The van der Waals surface area contributed by atoms with Crippen molar-refractivity contribution in [2.45, 2.75) is 19.9 Å². The molecular weight excluding hydrogens is 200 g/mol. The number of nitrogens with two attached hydrogens (primary N) is 1. The largest absolute Gasteiger partial charge is 0.326 e. The summed E-state index contributed by atoms with van der Waals surface area (Å²) in [7, 11) is 0. The quantitative estimate of drug-likeness (QED) is 0.834. The van der Waals surface area contributed by atoms with Crippen LogP contribution in [0.25, 0.3) is 0 Å². The molecule has 4 nitrogen and oxygen atoms in total. The fraction of sp³-hybridized carbons (Fsp3) is 0.250. The molecule has 0 atom stereocenters. The number of rotatable bonds is 3. The highest BCUT2D eigenvalue weighted by molar-refractivity contribution is 5.24. The Bertz CT molecular complexity index is 468. The summed E-state index contributed by atoms with van der Waals surface area (Å²) in [5, 5.41) is 0. The Morgan fingerprint density at radius 2 is 2.19 bits per heavy atom. The number of pyridine rings is 1. The molecule has 16 heavy (non-hydrogen) atoms.